The lowest BCUT2D eigenvalue weighted by Gasteiger charge is -2.31. The van der Waals surface area contributed by atoms with Gasteiger partial charge in [0.1, 0.15) is 0 Å². The summed E-state index contributed by atoms with van der Waals surface area (Å²) in [5.41, 5.74) is 0. The van der Waals surface area contributed by atoms with Gasteiger partial charge in [-0.2, -0.15) is 61.1 Å². The van der Waals surface area contributed by atoms with Gasteiger partial charge in [-0.15, -0.1) is 0 Å². The number of hydrogen-bond acceptors (Lipinski definition) is 6. The molecule has 0 aliphatic carbocycles. The average molecular weight is 562 g/mol. The summed E-state index contributed by atoms with van der Waals surface area (Å²) in [6.07, 6.45) is -16.3. The molecule has 0 rings (SSSR count). The minimum Gasteiger partial charge on any atom is -0.396 e. The van der Waals surface area contributed by atoms with E-state index < -0.39 is 83.0 Å². The van der Waals surface area contributed by atoms with E-state index in [9.17, 15) is 79.5 Å². The largest absolute Gasteiger partial charge is 0.473 e. The molecule has 1 N–H and O–H groups in total. The summed E-state index contributed by atoms with van der Waals surface area (Å²) in [7, 11) is -6.40. The first-order chi connectivity index (χ1) is 14.7. The molecule has 7 nitrogen and oxygen atoms in total. The fraction of sp³-hybridized carbons (Fsp3) is 0.833. The Kier molecular flexibility index (Phi) is 8.90. The molecule has 0 aromatic carbocycles. The van der Waals surface area contributed by atoms with E-state index in [-0.39, 0.29) is 0 Å². The second kappa shape index (κ2) is 9.49. The van der Waals surface area contributed by atoms with Gasteiger partial charge in [-0.05, 0) is 0 Å². The van der Waals surface area contributed by atoms with E-state index >= 15 is 0 Å². The van der Waals surface area contributed by atoms with Crippen LogP contribution in [0.1, 0.15) is 6.42 Å². The maximum Gasteiger partial charge on any atom is 0.473 e. The first-order valence-corrected chi connectivity index (χ1v) is 9.04. The van der Waals surface area contributed by atoms with Gasteiger partial charge in [0, 0.05) is 0 Å². The standard InChI is InChI=1S/C12H8F14O7S/c13-2-7(15,16)9(19,20)11(23,24)32-5(27)1-4(34(29,30)31)6(28)33-12(25,26)10(21,22)8(17,18)3-14/h4H,1-3H2,(H,29,30,31). The second-order valence-electron chi connectivity index (χ2n) is 5.96. The van der Waals surface area contributed by atoms with Crippen molar-refractivity contribution in [2.45, 2.75) is 47.6 Å². The zero-order valence-electron chi connectivity index (χ0n) is 15.3. The van der Waals surface area contributed by atoms with E-state index in [1.54, 1.807) is 0 Å². The van der Waals surface area contributed by atoms with E-state index in [4.69, 9.17) is 4.55 Å². The Morgan fingerprint density at radius 2 is 1.03 bits per heavy atom. The molecule has 0 saturated heterocycles. The Labute approximate surface area is 177 Å². The Bertz CT molecular complexity index is 872. The van der Waals surface area contributed by atoms with Crippen LogP contribution in [0.4, 0.5) is 61.5 Å². The lowest BCUT2D eigenvalue weighted by atomic mass is 10.1. The summed E-state index contributed by atoms with van der Waals surface area (Å²) < 4.78 is 215. The van der Waals surface area contributed by atoms with Gasteiger partial charge in [0.25, 0.3) is 10.1 Å². The summed E-state index contributed by atoms with van der Waals surface area (Å²) in [6.45, 7) is -6.98. The van der Waals surface area contributed by atoms with E-state index in [2.05, 4.69) is 9.47 Å². The van der Waals surface area contributed by atoms with Crippen LogP contribution in [-0.2, 0) is 29.2 Å². The van der Waals surface area contributed by atoms with Crippen LogP contribution < -0.4 is 0 Å². The molecule has 0 fully saturated rings. The zero-order chi connectivity index (χ0) is 27.8. The highest BCUT2D eigenvalue weighted by molar-refractivity contribution is 7.87. The molecular weight excluding hydrogens is 554 g/mol. The van der Waals surface area contributed by atoms with Gasteiger partial charge in [0.05, 0.1) is 6.42 Å². The third-order valence-electron chi connectivity index (χ3n) is 3.43. The molecule has 0 saturated carbocycles. The van der Waals surface area contributed by atoms with Crippen molar-refractivity contribution in [3.63, 3.8) is 0 Å². The summed E-state index contributed by atoms with van der Waals surface area (Å²) >= 11 is 0. The summed E-state index contributed by atoms with van der Waals surface area (Å²) in [4.78, 5) is 22.5. The third-order valence-corrected chi connectivity index (χ3v) is 4.51. The number of carbonyl (C=O) groups is 2. The third kappa shape index (κ3) is 6.10. The van der Waals surface area contributed by atoms with Gasteiger partial charge in [0.2, 0.25) is 0 Å². The van der Waals surface area contributed by atoms with Crippen LogP contribution in [0.2, 0.25) is 0 Å². The lowest BCUT2D eigenvalue weighted by molar-refractivity contribution is -0.387. The van der Waals surface area contributed by atoms with Crippen LogP contribution in [0.3, 0.4) is 0 Å². The first-order valence-electron chi connectivity index (χ1n) is 7.54. The number of hydrogen-bond donors (Lipinski definition) is 1. The molecule has 0 aromatic rings. The topological polar surface area (TPSA) is 107 Å². The summed E-state index contributed by atoms with van der Waals surface area (Å²) in [5, 5.41) is -4.06. The molecule has 0 aliphatic heterocycles. The van der Waals surface area contributed by atoms with Crippen molar-refractivity contribution in [3.05, 3.63) is 0 Å². The fourth-order valence-corrected chi connectivity index (χ4v) is 2.20. The van der Waals surface area contributed by atoms with Gasteiger partial charge in [-0.1, -0.05) is 0 Å². The van der Waals surface area contributed by atoms with Gasteiger partial charge in [-0.3, -0.25) is 14.1 Å². The van der Waals surface area contributed by atoms with Crippen LogP contribution >= 0.6 is 0 Å². The second-order valence-corrected chi connectivity index (χ2v) is 7.56. The summed E-state index contributed by atoms with van der Waals surface area (Å²) in [5.74, 6) is -33.0. The minimum atomic E-state index is -6.93. The quantitative estimate of drug-likeness (QED) is 0.221. The highest BCUT2D eigenvalue weighted by Crippen LogP contribution is 2.48. The molecule has 1 atom stereocenters. The summed E-state index contributed by atoms with van der Waals surface area (Å²) in [6, 6.07) is 0. The molecule has 0 radical (unpaired) electrons. The molecule has 0 bridgehead atoms. The SMILES string of the molecule is O=C(CC(C(=O)OC(F)(F)C(F)(F)C(F)(F)CF)S(=O)(=O)O)OC(F)(F)C(F)(F)C(F)(F)CF. The van der Waals surface area contributed by atoms with Gasteiger partial charge in [0.15, 0.2) is 18.6 Å². The van der Waals surface area contributed by atoms with Crippen molar-refractivity contribution >= 4 is 22.1 Å². The van der Waals surface area contributed by atoms with Crippen LogP contribution in [0, 0.1) is 0 Å². The number of esters is 2. The predicted molar refractivity (Wildman–Crippen MR) is 73.8 cm³/mol. The number of halogens is 14. The molecule has 0 spiro atoms. The molecule has 34 heavy (non-hydrogen) atoms. The van der Waals surface area contributed by atoms with Crippen molar-refractivity contribution < 1.29 is 93.5 Å². The van der Waals surface area contributed by atoms with Crippen molar-refractivity contribution in [2.24, 2.45) is 0 Å². The molecular formula is C12H8F14O7S. The number of alkyl halides is 14. The Morgan fingerprint density at radius 3 is 1.32 bits per heavy atom. The maximum absolute atomic E-state index is 13.2. The molecule has 22 heteroatoms. The number of carbonyl (C=O) groups excluding carboxylic acids is 2. The number of ether oxygens (including phenoxy) is 2. The molecule has 0 aliphatic rings. The van der Waals surface area contributed by atoms with E-state index in [1.807, 2.05) is 0 Å². The highest BCUT2D eigenvalue weighted by Gasteiger charge is 2.76. The highest BCUT2D eigenvalue weighted by atomic mass is 32.2. The van der Waals surface area contributed by atoms with Gasteiger partial charge in [-0.25, -0.2) is 8.78 Å². The molecule has 0 aromatic heterocycles. The van der Waals surface area contributed by atoms with Crippen molar-refractivity contribution in [2.75, 3.05) is 13.3 Å². The Balaban J connectivity index is 5.91. The van der Waals surface area contributed by atoms with Crippen molar-refractivity contribution in [1.82, 2.24) is 0 Å². The van der Waals surface area contributed by atoms with Gasteiger partial charge >= 0.3 is 47.8 Å². The molecule has 0 heterocycles. The van der Waals surface area contributed by atoms with E-state index in [0.29, 0.717) is 0 Å². The fourth-order valence-electron chi connectivity index (χ4n) is 1.56. The predicted octanol–water partition coefficient (Wildman–Crippen LogP) is 3.39. The first kappa shape index (κ1) is 31.9. The normalized spacial score (nSPS) is 15.6. The van der Waals surface area contributed by atoms with Crippen LogP contribution in [0.15, 0.2) is 0 Å². The zero-order valence-corrected chi connectivity index (χ0v) is 16.1. The van der Waals surface area contributed by atoms with Gasteiger partial charge < -0.3 is 9.47 Å². The van der Waals surface area contributed by atoms with Crippen LogP contribution in [0.5, 0.6) is 0 Å². The lowest BCUT2D eigenvalue weighted by Crippen LogP contribution is -2.58. The molecule has 0 amide bonds. The van der Waals surface area contributed by atoms with Crippen LogP contribution in [-0.4, -0.2) is 79.4 Å². The smallest absolute Gasteiger partial charge is 0.396 e. The Morgan fingerprint density at radius 1 is 0.706 bits per heavy atom. The maximum atomic E-state index is 13.2. The van der Waals surface area contributed by atoms with E-state index in [1.165, 1.54) is 0 Å². The van der Waals surface area contributed by atoms with Crippen molar-refractivity contribution in [1.29, 1.82) is 0 Å². The van der Waals surface area contributed by atoms with Crippen molar-refractivity contribution in [3.8, 4) is 0 Å². The van der Waals surface area contributed by atoms with E-state index in [0.717, 1.165) is 0 Å². The minimum absolute atomic E-state index is 2.43. The Hall–Kier alpha value is -2.13. The number of rotatable bonds is 12. The average Bonchev–Trinajstić information content (AvgIpc) is 2.63. The monoisotopic (exact) mass is 562 g/mol. The molecule has 1 unspecified atom stereocenters. The van der Waals surface area contributed by atoms with Crippen LogP contribution in [0.25, 0.3) is 0 Å². The molecule has 202 valence electrons.